The van der Waals surface area contributed by atoms with Crippen LogP contribution < -0.4 is 0 Å². The van der Waals surface area contributed by atoms with Crippen LogP contribution in [0.2, 0.25) is 0 Å². The highest BCUT2D eigenvalue weighted by Crippen LogP contribution is 2.26. The third kappa shape index (κ3) is 36.7. The second kappa shape index (κ2) is 43.3. The van der Waals surface area contributed by atoms with Gasteiger partial charge in [-0.2, -0.15) is 8.42 Å². The van der Waals surface area contributed by atoms with E-state index >= 15 is 0 Å². The van der Waals surface area contributed by atoms with Crippen molar-refractivity contribution in [2.45, 2.75) is 250 Å². The van der Waals surface area contributed by atoms with Crippen molar-refractivity contribution < 1.29 is 56.2 Å². The van der Waals surface area contributed by atoms with Crippen molar-refractivity contribution in [1.29, 1.82) is 0 Å². The zero-order chi connectivity index (χ0) is 47.5. The predicted molar refractivity (Wildman–Crippen MR) is 262 cm³/mol. The smallest absolute Gasteiger partial charge is 0.397 e. The van der Waals surface area contributed by atoms with Crippen LogP contribution in [0.1, 0.15) is 213 Å². The maximum Gasteiger partial charge on any atom is 0.397 e. The van der Waals surface area contributed by atoms with Gasteiger partial charge in [0.25, 0.3) is 0 Å². The lowest BCUT2D eigenvalue weighted by Gasteiger charge is -2.41. The maximum absolute atomic E-state index is 12.8. The van der Waals surface area contributed by atoms with Gasteiger partial charge in [-0.15, -0.1) is 0 Å². The van der Waals surface area contributed by atoms with E-state index in [1.54, 1.807) is 0 Å². The van der Waals surface area contributed by atoms with Gasteiger partial charge < -0.3 is 34.3 Å². The largest absolute Gasteiger partial charge is 0.457 e. The summed E-state index contributed by atoms with van der Waals surface area (Å²) in [5.41, 5.74) is 0. The first-order valence-electron chi connectivity index (χ1n) is 25.9. The van der Waals surface area contributed by atoms with E-state index in [0.717, 1.165) is 44.9 Å². The molecule has 0 radical (unpaired) electrons. The lowest BCUT2D eigenvalue weighted by atomic mass is 9.99. The summed E-state index contributed by atoms with van der Waals surface area (Å²) in [6.45, 7) is 3.81. The molecule has 0 spiro atoms. The van der Waals surface area contributed by atoms with Crippen molar-refractivity contribution in [3.05, 3.63) is 48.6 Å². The number of esters is 1. The van der Waals surface area contributed by atoms with E-state index in [1.807, 2.05) is 12.2 Å². The minimum atomic E-state index is -5.07. The highest BCUT2D eigenvalue weighted by atomic mass is 32.3. The summed E-state index contributed by atoms with van der Waals surface area (Å²) in [5, 5.41) is 30.7. The average Bonchev–Trinajstić information content (AvgIpc) is 3.28. The van der Waals surface area contributed by atoms with Gasteiger partial charge >= 0.3 is 16.4 Å². The lowest BCUT2D eigenvalue weighted by molar-refractivity contribution is -0.301. The summed E-state index contributed by atoms with van der Waals surface area (Å²) in [5.74, 6) is -0.476. The van der Waals surface area contributed by atoms with Crippen molar-refractivity contribution in [2.24, 2.45) is 0 Å². The third-order valence-corrected chi connectivity index (χ3v) is 12.2. The number of carbonyl (C=O) groups is 1. The normalized spacial score (nSPS) is 20.0. The molecule has 0 bridgehead atoms. The molecule has 0 aliphatic carbocycles. The zero-order valence-corrected chi connectivity index (χ0v) is 41.6. The van der Waals surface area contributed by atoms with Crippen molar-refractivity contribution in [2.75, 3.05) is 26.4 Å². The molecule has 6 atom stereocenters. The van der Waals surface area contributed by atoms with E-state index in [1.165, 1.54) is 141 Å². The number of carbonyl (C=O) groups excluding carboxylic acids is 1. The molecule has 13 heteroatoms. The molecule has 1 heterocycles. The molecule has 1 fully saturated rings. The van der Waals surface area contributed by atoms with E-state index in [-0.39, 0.29) is 19.6 Å². The Hall–Kier alpha value is -1.94. The van der Waals surface area contributed by atoms with Crippen LogP contribution in [0.5, 0.6) is 0 Å². The van der Waals surface area contributed by atoms with Crippen LogP contribution in [0.3, 0.4) is 0 Å². The number of hydrogen-bond acceptors (Lipinski definition) is 11. The first-order chi connectivity index (χ1) is 31.6. The van der Waals surface area contributed by atoms with Gasteiger partial charge in [-0.3, -0.25) is 9.35 Å². The van der Waals surface area contributed by atoms with Crippen LogP contribution in [0.25, 0.3) is 0 Å². The fourth-order valence-corrected chi connectivity index (χ4v) is 8.37. The molecule has 1 aliphatic heterocycles. The Bertz CT molecular complexity index is 1320. The first kappa shape index (κ1) is 61.1. The highest BCUT2D eigenvalue weighted by molar-refractivity contribution is 7.80. The predicted octanol–water partition coefficient (Wildman–Crippen LogP) is 11.9. The SMILES string of the molecule is CC/C=C\C/C=C\C/C=C\C/C=C\CCC(=O)OC(COCCCCCCCCCCCCCCCCCCCCCCCCCCC)COC1OC(CO)C(O)C(OS(=O)(=O)O)C1O. The van der Waals surface area contributed by atoms with E-state index in [9.17, 15) is 33.1 Å². The number of rotatable bonds is 45. The molecule has 1 aliphatic rings. The lowest BCUT2D eigenvalue weighted by Crippen LogP contribution is -2.60. The highest BCUT2D eigenvalue weighted by Gasteiger charge is 2.48. The van der Waals surface area contributed by atoms with Gasteiger partial charge in [0.05, 0.1) is 19.8 Å². The summed E-state index contributed by atoms with van der Waals surface area (Å²) >= 11 is 0. The van der Waals surface area contributed by atoms with Crippen LogP contribution in [-0.2, 0) is 38.3 Å². The van der Waals surface area contributed by atoms with Crippen LogP contribution in [0.15, 0.2) is 48.6 Å². The Labute approximate surface area is 396 Å². The fraction of sp³-hybridized carbons (Fsp3) is 0.827. The topological polar surface area (TPSA) is 178 Å². The van der Waals surface area contributed by atoms with Crippen LogP contribution in [0.4, 0.5) is 0 Å². The van der Waals surface area contributed by atoms with Gasteiger partial charge in [0.15, 0.2) is 6.29 Å². The monoisotopic (exact) mass is 943 g/mol. The first-order valence-corrected chi connectivity index (χ1v) is 27.3. The maximum atomic E-state index is 12.8. The summed E-state index contributed by atoms with van der Waals surface area (Å²) in [7, 11) is -5.07. The van der Waals surface area contributed by atoms with E-state index < -0.39 is 59.8 Å². The molecular weight excluding hydrogens is 849 g/mol. The Morgan fingerprint density at radius 1 is 0.600 bits per heavy atom. The molecule has 4 N–H and O–H groups in total. The summed E-state index contributed by atoms with van der Waals surface area (Å²) in [6, 6.07) is 0. The molecule has 380 valence electrons. The second-order valence-corrected chi connectivity index (χ2v) is 18.8. The number of hydrogen-bond donors (Lipinski definition) is 4. The minimum Gasteiger partial charge on any atom is -0.457 e. The summed E-state index contributed by atoms with van der Waals surface area (Å²) < 4.78 is 59.1. The van der Waals surface area contributed by atoms with E-state index in [2.05, 4.69) is 54.5 Å². The van der Waals surface area contributed by atoms with Gasteiger partial charge in [-0.1, -0.05) is 217 Å². The number of unbranched alkanes of at least 4 members (excludes halogenated alkanes) is 24. The van der Waals surface area contributed by atoms with Crippen molar-refractivity contribution >= 4 is 16.4 Å². The molecule has 6 unspecified atom stereocenters. The molecule has 0 aromatic rings. The molecule has 0 aromatic heterocycles. The number of ether oxygens (including phenoxy) is 4. The number of aliphatic hydroxyl groups excluding tert-OH is 3. The molecule has 0 aromatic carbocycles. The second-order valence-electron chi connectivity index (χ2n) is 17.7. The van der Waals surface area contributed by atoms with Crippen LogP contribution in [-0.4, -0.2) is 97.5 Å². The summed E-state index contributed by atoms with van der Waals surface area (Å²) in [4.78, 5) is 12.8. The quantitative estimate of drug-likeness (QED) is 0.0197. The van der Waals surface area contributed by atoms with Gasteiger partial charge in [0.1, 0.15) is 30.5 Å². The zero-order valence-electron chi connectivity index (χ0n) is 40.8. The number of aliphatic hydroxyl groups is 3. The molecular formula is C52H94O12S. The average molecular weight is 943 g/mol. The molecule has 0 saturated carbocycles. The Kier molecular flexibility index (Phi) is 40.7. The van der Waals surface area contributed by atoms with Crippen LogP contribution >= 0.6 is 0 Å². The minimum absolute atomic E-state index is 0.00886. The standard InChI is InChI=1S/C52H94O12S/c1-3-5-7-9-11-13-15-17-18-19-20-21-22-23-24-25-26-27-28-30-32-34-36-38-40-42-60-44-46(45-61-52-50(56)51(64-65(57,58)59)49(55)47(43-53)63-52)62-48(54)41-39-37-35-33-31-29-16-14-12-10-8-6-4-2/h6,8,12,14,29,31,35,37,46-47,49-53,55-56H,3-5,7,9-11,13,15-28,30,32-34,36,38-45H2,1-2H3,(H,57,58,59)/b8-6-,14-12-,31-29-,37-35-. The Morgan fingerprint density at radius 2 is 1.03 bits per heavy atom. The Morgan fingerprint density at radius 3 is 1.46 bits per heavy atom. The van der Waals surface area contributed by atoms with Crippen molar-refractivity contribution in [3.63, 3.8) is 0 Å². The van der Waals surface area contributed by atoms with Gasteiger partial charge in [-0.05, 0) is 38.5 Å². The van der Waals surface area contributed by atoms with E-state index in [4.69, 9.17) is 18.9 Å². The molecule has 1 saturated heterocycles. The number of allylic oxidation sites excluding steroid dienone is 8. The van der Waals surface area contributed by atoms with Gasteiger partial charge in [0.2, 0.25) is 0 Å². The van der Waals surface area contributed by atoms with Crippen LogP contribution in [0, 0.1) is 0 Å². The summed E-state index contributed by atoms with van der Waals surface area (Å²) in [6.07, 6.45) is 44.7. The van der Waals surface area contributed by atoms with Crippen molar-refractivity contribution in [1.82, 2.24) is 0 Å². The molecule has 0 amide bonds. The Balaban J connectivity index is 2.31. The van der Waals surface area contributed by atoms with Gasteiger partial charge in [-0.25, -0.2) is 4.18 Å². The van der Waals surface area contributed by atoms with E-state index in [0.29, 0.717) is 13.0 Å². The molecule has 65 heavy (non-hydrogen) atoms. The fourth-order valence-electron chi connectivity index (χ4n) is 7.86. The van der Waals surface area contributed by atoms with Crippen molar-refractivity contribution in [3.8, 4) is 0 Å². The molecule has 12 nitrogen and oxygen atoms in total. The molecule has 1 rings (SSSR count). The van der Waals surface area contributed by atoms with Gasteiger partial charge in [0, 0.05) is 13.0 Å². The third-order valence-electron chi connectivity index (χ3n) is 11.7.